The number of hydrogen-bond donors (Lipinski definition) is 1. The van der Waals surface area contributed by atoms with Gasteiger partial charge in [0.05, 0.1) is 7.11 Å². The molecular formula is C19H17ClN4O3. The van der Waals surface area contributed by atoms with Crippen LogP contribution in [-0.2, 0) is 12.8 Å². The van der Waals surface area contributed by atoms with Crippen molar-refractivity contribution in [3.05, 3.63) is 68.9 Å². The molecule has 1 N–H and O–H groups in total. The van der Waals surface area contributed by atoms with E-state index in [1.165, 1.54) is 17.7 Å². The van der Waals surface area contributed by atoms with E-state index in [2.05, 4.69) is 10.3 Å². The average molecular weight is 385 g/mol. The second-order valence-electron chi connectivity index (χ2n) is 6.20. The van der Waals surface area contributed by atoms with Gasteiger partial charge in [-0.3, -0.25) is 9.89 Å². The highest BCUT2D eigenvalue weighted by Gasteiger charge is 2.15. The summed E-state index contributed by atoms with van der Waals surface area (Å²) in [6.07, 6.45) is 1.12. The lowest BCUT2D eigenvalue weighted by atomic mass is 10.1. The van der Waals surface area contributed by atoms with Gasteiger partial charge in [0, 0.05) is 40.5 Å². The predicted octanol–water partition coefficient (Wildman–Crippen LogP) is 3.43. The van der Waals surface area contributed by atoms with E-state index in [0.717, 1.165) is 16.8 Å². The van der Waals surface area contributed by atoms with E-state index >= 15 is 0 Å². The Hall–Kier alpha value is -3.06. The van der Waals surface area contributed by atoms with Crippen LogP contribution in [0.4, 0.5) is 0 Å². The Kier molecular flexibility index (Phi) is 4.45. The first-order valence-electron chi connectivity index (χ1n) is 8.42. The minimum Gasteiger partial charge on any atom is -0.479 e. The molecule has 3 heterocycles. The number of hydrogen-bond acceptors (Lipinski definition) is 5. The zero-order chi connectivity index (χ0) is 19.0. The molecule has 0 aliphatic heterocycles. The maximum absolute atomic E-state index is 12.5. The summed E-state index contributed by atoms with van der Waals surface area (Å²) >= 11 is 5.99. The van der Waals surface area contributed by atoms with Crippen molar-refractivity contribution in [2.75, 3.05) is 7.11 Å². The van der Waals surface area contributed by atoms with Crippen LogP contribution in [0.3, 0.4) is 0 Å². The average Bonchev–Trinajstić information content (AvgIpc) is 3.25. The van der Waals surface area contributed by atoms with Crippen molar-refractivity contribution in [3.63, 3.8) is 0 Å². The van der Waals surface area contributed by atoms with E-state index in [-0.39, 0.29) is 5.56 Å². The van der Waals surface area contributed by atoms with Gasteiger partial charge in [-0.25, -0.2) is 9.50 Å². The van der Waals surface area contributed by atoms with Crippen molar-refractivity contribution in [2.45, 2.75) is 19.8 Å². The van der Waals surface area contributed by atoms with Crippen LogP contribution in [0.25, 0.3) is 16.8 Å². The van der Waals surface area contributed by atoms with Crippen molar-refractivity contribution in [2.24, 2.45) is 0 Å². The topological polar surface area (TPSA) is 85.4 Å². The minimum absolute atomic E-state index is 0.159. The third-order valence-corrected chi connectivity index (χ3v) is 4.61. The van der Waals surface area contributed by atoms with E-state index in [4.69, 9.17) is 25.8 Å². The lowest BCUT2D eigenvalue weighted by molar-refractivity contribution is 0.326. The number of H-pyrrole nitrogens is 1. The van der Waals surface area contributed by atoms with Gasteiger partial charge >= 0.3 is 0 Å². The lowest BCUT2D eigenvalue weighted by Gasteiger charge is -2.03. The Balaban J connectivity index is 1.72. The first-order valence-corrected chi connectivity index (χ1v) is 8.79. The summed E-state index contributed by atoms with van der Waals surface area (Å²) in [5.74, 6) is 1.11. The number of aromatic amines is 1. The Morgan fingerprint density at radius 2 is 2.00 bits per heavy atom. The third kappa shape index (κ3) is 3.33. The van der Waals surface area contributed by atoms with Gasteiger partial charge in [0.2, 0.25) is 0 Å². The number of rotatable bonds is 5. The second kappa shape index (κ2) is 6.92. The lowest BCUT2D eigenvalue weighted by Crippen LogP contribution is -2.16. The van der Waals surface area contributed by atoms with E-state index in [1.54, 1.807) is 6.07 Å². The molecule has 0 atom stereocenters. The molecule has 0 amide bonds. The largest absolute Gasteiger partial charge is 0.479 e. The van der Waals surface area contributed by atoms with Crippen molar-refractivity contribution in [3.8, 4) is 17.0 Å². The number of ether oxygens (including phenoxy) is 1. The van der Waals surface area contributed by atoms with Crippen molar-refractivity contribution < 1.29 is 9.26 Å². The number of methoxy groups -OCH3 is 1. The zero-order valence-corrected chi connectivity index (χ0v) is 15.6. The number of halogens is 1. The molecule has 0 spiro atoms. The number of nitrogens with one attached hydrogen (secondary N) is 1. The Labute approximate surface area is 159 Å². The molecule has 0 saturated carbocycles. The molecule has 0 unspecified atom stereocenters. The summed E-state index contributed by atoms with van der Waals surface area (Å²) in [4.78, 5) is 17.2. The van der Waals surface area contributed by atoms with Crippen molar-refractivity contribution in [1.82, 2.24) is 19.8 Å². The summed E-state index contributed by atoms with van der Waals surface area (Å²) in [5.41, 5.74) is 3.80. The molecule has 0 fully saturated rings. The normalized spacial score (nSPS) is 11.2. The maximum Gasteiger partial charge on any atom is 0.272 e. The monoisotopic (exact) mass is 384 g/mol. The van der Waals surface area contributed by atoms with Crippen LogP contribution in [0.1, 0.15) is 17.1 Å². The van der Waals surface area contributed by atoms with Gasteiger partial charge < -0.3 is 9.26 Å². The quantitative estimate of drug-likeness (QED) is 0.569. The first kappa shape index (κ1) is 17.4. The molecular weight excluding hydrogens is 368 g/mol. The molecule has 27 heavy (non-hydrogen) atoms. The van der Waals surface area contributed by atoms with Crippen molar-refractivity contribution >= 4 is 17.2 Å². The molecule has 0 aliphatic carbocycles. The van der Waals surface area contributed by atoms with Gasteiger partial charge in [-0.05, 0) is 36.2 Å². The molecule has 7 nitrogen and oxygen atoms in total. The highest BCUT2D eigenvalue weighted by atomic mass is 35.5. The molecule has 0 bridgehead atoms. The number of benzene rings is 1. The Morgan fingerprint density at radius 3 is 2.70 bits per heavy atom. The SMILES string of the molecule is COc1cc(CCc2cc(=O)n3[nH]c(C)c(-c4ccc(Cl)cc4)c3n2)on1. The van der Waals surface area contributed by atoms with Gasteiger partial charge in [-0.2, -0.15) is 0 Å². The summed E-state index contributed by atoms with van der Waals surface area (Å²) in [6, 6.07) is 10.7. The molecule has 1 aromatic carbocycles. The first-order chi connectivity index (χ1) is 13.0. The van der Waals surface area contributed by atoms with Crippen LogP contribution in [0.15, 0.2) is 45.7 Å². The summed E-state index contributed by atoms with van der Waals surface area (Å²) in [5, 5.41) is 7.52. The van der Waals surface area contributed by atoms with Crippen LogP contribution < -0.4 is 10.3 Å². The summed E-state index contributed by atoms with van der Waals surface area (Å²) < 4.78 is 11.7. The fourth-order valence-electron chi connectivity index (χ4n) is 3.05. The van der Waals surface area contributed by atoms with Gasteiger partial charge in [-0.1, -0.05) is 23.7 Å². The number of fused-ring (bicyclic) bond motifs is 1. The predicted molar refractivity (Wildman–Crippen MR) is 101 cm³/mol. The minimum atomic E-state index is -0.159. The zero-order valence-electron chi connectivity index (χ0n) is 14.8. The highest BCUT2D eigenvalue weighted by molar-refractivity contribution is 6.30. The maximum atomic E-state index is 12.5. The standard InChI is InChI=1S/C19H17ClN4O3/c1-11-18(12-3-5-13(20)6-4-12)19-21-14(9-17(25)24(19)22-11)7-8-15-10-16(26-2)23-27-15/h3-6,9-10,22H,7-8H2,1-2H3. The summed E-state index contributed by atoms with van der Waals surface area (Å²) in [6.45, 7) is 1.92. The summed E-state index contributed by atoms with van der Waals surface area (Å²) in [7, 11) is 1.53. The molecule has 138 valence electrons. The molecule has 4 rings (SSSR count). The Morgan fingerprint density at radius 1 is 1.22 bits per heavy atom. The van der Waals surface area contributed by atoms with Gasteiger partial charge in [0.1, 0.15) is 5.76 Å². The molecule has 0 aliphatic rings. The van der Waals surface area contributed by atoms with Crippen LogP contribution >= 0.6 is 11.6 Å². The van der Waals surface area contributed by atoms with E-state index in [9.17, 15) is 4.79 Å². The van der Waals surface area contributed by atoms with E-state index in [0.29, 0.717) is 40.8 Å². The fourth-order valence-corrected chi connectivity index (χ4v) is 3.17. The molecule has 3 aromatic heterocycles. The van der Waals surface area contributed by atoms with Crippen LogP contribution in [0.5, 0.6) is 5.88 Å². The van der Waals surface area contributed by atoms with Gasteiger partial charge in [0.15, 0.2) is 5.65 Å². The van der Waals surface area contributed by atoms with Crippen LogP contribution in [-0.4, -0.2) is 26.9 Å². The molecule has 8 heteroatoms. The Bertz CT molecular complexity index is 1160. The third-order valence-electron chi connectivity index (χ3n) is 4.36. The van der Waals surface area contributed by atoms with Crippen molar-refractivity contribution in [1.29, 1.82) is 0 Å². The molecule has 0 radical (unpaired) electrons. The second-order valence-corrected chi connectivity index (χ2v) is 6.64. The number of aromatic nitrogens is 4. The molecule has 4 aromatic rings. The van der Waals surface area contributed by atoms with E-state index < -0.39 is 0 Å². The highest BCUT2D eigenvalue weighted by Crippen LogP contribution is 2.27. The fraction of sp³-hybridized carbons (Fsp3) is 0.211. The van der Waals surface area contributed by atoms with Gasteiger partial charge in [-0.15, -0.1) is 0 Å². The molecule has 0 saturated heterocycles. The van der Waals surface area contributed by atoms with Gasteiger partial charge in [0.25, 0.3) is 11.4 Å². The van der Waals surface area contributed by atoms with Crippen LogP contribution in [0, 0.1) is 6.92 Å². The van der Waals surface area contributed by atoms with E-state index in [1.807, 2.05) is 31.2 Å². The van der Waals surface area contributed by atoms with Crippen LogP contribution in [0.2, 0.25) is 5.02 Å². The number of nitrogens with zero attached hydrogens (tertiary/aromatic N) is 3. The smallest absolute Gasteiger partial charge is 0.272 e. The number of aryl methyl sites for hydroxylation is 3.